The minimum absolute atomic E-state index is 0.320. The summed E-state index contributed by atoms with van der Waals surface area (Å²) in [7, 11) is 1.40. The molecule has 4 rings (SSSR count). The smallest absolute Gasteiger partial charge is 0.337 e. The third kappa shape index (κ3) is 4.70. The van der Waals surface area contributed by atoms with Crippen LogP contribution in [0, 0.1) is 0 Å². The Kier molecular flexibility index (Phi) is 6.11. The quantitative estimate of drug-likeness (QED) is 0.320. The molecule has 0 amide bonds. The summed E-state index contributed by atoms with van der Waals surface area (Å²) < 4.78 is 10.7. The van der Waals surface area contributed by atoms with E-state index in [1.807, 2.05) is 66.9 Å². The van der Waals surface area contributed by atoms with Crippen molar-refractivity contribution in [1.29, 1.82) is 0 Å². The Labute approximate surface area is 175 Å². The summed E-state index contributed by atoms with van der Waals surface area (Å²) in [4.78, 5) is 15.1. The van der Waals surface area contributed by atoms with Crippen LogP contribution < -0.4 is 10.1 Å². The molecule has 4 aromatic rings. The third-order valence-corrected chi connectivity index (χ3v) is 4.97. The van der Waals surface area contributed by atoms with E-state index >= 15 is 0 Å². The Balaban J connectivity index is 1.34. The molecule has 30 heavy (non-hydrogen) atoms. The van der Waals surface area contributed by atoms with Gasteiger partial charge in [-0.3, -0.25) is 0 Å². The molecule has 0 aliphatic rings. The van der Waals surface area contributed by atoms with E-state index in [1.54, 1.807) is 6.07 Å². The molecule has 0 unspecified atom stereocenters. The number of rotatable bonds is 8. The molecule has 0 saturated heterocycles. The number of ether oxygens (including phenoxy) is 2. The second kappa shape index (κ2) is 9.29. The zero-order valence-corrected chi connectivity index (χ0v) is 16.9. The molecular formula is C25H24N2O3. The van der Waals surface area contributed by atoms with Crippen molar-refractivity contribution in [3.05, 3.63) is 95.7 Å². The second-order valence-electron chi connectivity index (χ2n) is 7.06. The summed E-state index contributed by atoms with van der Waals surface area (Å²) in [5.74, 6) is 1.33. The van der Waals surface area contributed by atoms with Crippen LogP contribution in [0.5, 0.6) is 11.5 Å². The molecule has 0 fully saturated rings. The molecule has 1 aromatic heterocycles. The van der Waals surface area contributed by atoms with E-state index in [4.69, 9.17) is 9.47 Å². The average molecular weight is 400 g/mol. The fourth-order valence-electron chi connectivity index (χ4n) is 3.43. The number of H-pyrrole nitrogens is 1. The molecule has 0 atom stereocenters. The van der Waals surface area contributed by atoms with Crippen LogP contribution in [0.2, 0.25) is 0 Å². The molecular weight excluding hydrogens is 376 g/mol. The largest absolute Gasteiger partial charge is 0.465 e. The maximum Gasteiger partial charge on any atom is 0.337 e. The third-order valence-electron chi connectivity index (χ3n) is 4.97. The lowest BCUT2D eigenvalue weighted by atomic mass is 10.1. The van der Waals surface area contributed by atoms with Gasteiger partial charge in [-0.05, 0) is 66.6 Å². The van der Waals surface area contributed by atoms with E-state index in [2.05, 4.69) is 16.4 Å². The molecule has 0 aliphatic heterocycles. The topological polar surface area (TPSA) is 63.4 Å². The van der Waals surface area contributed by atoms with Crippen molar-refractivity contribution in [3.63, 3.8) is 0 Å². The molecule has 5 heteroatoms. The minimum Gasteiger partial charge on any atom is -0.465 e. The zero-order chi connectivity index (χ0) is 20.8. The highest BCUT2D eigenvalue weighted by Gasteiger charge is 2.09. The number of fused-ring (bicyclic) bond motifs is 1. The number of benzene rings is 3. The Hall–Kier alpha value is -3.57. The first-order valence-electron chi connectivity index (χ1n) is 9.94. The average Bonchev–Trinajstić information content (AvgIpc) is 3.19. The van der Waals surface area contributed by atoms with Crippen LogP contribution in [0.4, 0.5) is 0 Å². The van der Waals surface area contributed by atoms with Gasteiger partial charge >= 0.3 is 5.97 Å². The minimum atomic E-state index is -0.320. The van der Waals surface area contributed by atoms with Crippen LogP contribution in [-0.4, -0.2) is 24.6 Å². The van der Waals surface area contributed by atoms with Crippen molar-refractivity contribution in [2.75, 3.05) is 13.7 Å². The highest BCUT2D eigenvalue weighted by molar-refractivity contribution is 5.95. The maximum absolute atomic E-state index is 11.8. The summed E-state index contributed by atoms with van der Waals surface area (Å²) >= 11 is 0. The number of aromatic amines is 1. The Morgan fingerprint density at radius 1 is 0.967 bits per heavy atom. The van der Waals surface area contributed by atoms with Gasteiger partial charge < -0.3 is 19.8 Å². The zero-order valence-electron chi connectivity index (χ0n) is 16.9. The number of hydrogen-bond acceptors (Lipinski definition) is 4. The SMILES string of the molecule is COC(=O)c1ccc2[nH]cc(CCNCc3cccc(Oc4ccccc4)c3)c2c1. The fourth-order valence-corrected chi connectivity index (χ4v) is 3.43. The first-order chi connectivity index (χ1) is 14.7. The molecule has 2 N–H and O–H groups in total. The molecule has 0 radical (unpaired) electrons. The molecule has 5 nitrogen and oxygen atoms in total. The van der Waals surface area contributed by atoms with Gasteiger partial charge in [0.25, 0.3) is 0 Å². The van der Waals surface area contributed by atoms with Gasteiger partial charge in [-0.25, -0.2) is 4.79 Å². The monoisotopic (exact) mass is 400 g/mol. The van der Waals surface area contributed by atoms with Gasteiger partial charge in [-0.15, -0.1) is 0 Å². The lowest BCUT2D eigenvalue weighted by molar-refractivity contribution is 0.0601. The van der Waals surface area contributed by atoms with Gasteiger partial charge in [0.2, 0.25) is 0 Å². The number of esters is 1. The molecule has 152 valence electrons. The summed E-state index contributed by atoms with van der Waals surface area (Å²) in [5, 5.41) is 4.54. The maximum atomic E-state index is 11.8. The van der Waals surface area contributed by atoms with Crippen LogP contribution >= 0.6 is 0 Å². The summed E-state index contributed by atoms with van der Waals surface area (Å²) in [6, 6.07) is 23.4. The molecule has 1 heterocycles. The Morgan fingerprint density at radius 3 is 2.63 bits per heavy atom. The highest BCUT2D eigenvalue weighted by atomic mass is 16.5. The van der Waals surface area contributed by atoms with Gasteiger partial charge in [-0.1, -0.05) is 30.3 Å². The van der Waals surface area contributed by atoms with E-state index < -0.39 is 0 Å². The predicted molar refractivity (Wildman–Crippen MR) is 118 cm³/mol. The molecule has 0 aliphatic carbocycles. The van der Waals surface area contributed by atoms with E-state index in [9.17, 15) is 4.79 Å². The Bertz CT molecular complexity index is 1140. The molecule has 0 saturated carbocycles. The standard InChI is InChI=1S/C25H24N2O3/c1-29-25(28)19-10-11-24-23(15-19)20(17-27-24)12-13-26-16-18-6-5-9-22(14-18)30-21-7-3-2-4-8-21/h2-11,14-15,17,26-27H,12-13,16H2,1H3. The van der Waals surface area contributed by atoms with Gasteiger partial charge in [0.15, 0.2) is 0 Å². The van der Waals surface area contributed by atoms with E-state index in [1.165, 1.54) is 12.7 Å². The van der Waals surface area contributed by atoms with Crippen LogP contribution in [-0.2, 0) is 17.7 Å². The van der Waals surface area contributed by atoms with Crippen molar-refractivity contribution < 1.29 is 14.3 Å². The van der Waals surface area contributed by atoms with Gasteiger partial charge in [-0.2, -0.15) is 0 Å². The van der Waals surface area contributed by atoms with Crippen LogP contribution in [0.1, 0.15) is 21.5 Å². The number of aromatic nitrogens is 1. The van der Waals surface area contributed by atoms with Crippen molar-refractivity contribution >= 4 is 16.9 Å². The van der Waals surface area contributed by atoms with Crippen molar-refractivity contribution in [3.8, 4) is 11.5 Å². The van der Waals surface area contributed by atoms with Crippen molar-refractivity contribution in [1.82, 2.24) is 10.3 Å². The Morgan fingerprint density at radius 2 is 1.80 bits per heavy atom. The van der Waals surface area contributed by atoms with Crippen molar-refractivity contribution in [2.45, 2.75) is 13.0 Å². The highest BCUT2D eigenvalue weighted by Crippen LogP contribution is 2.22. The number of para-hydroxylation sites is 1. The van der Waals surface area contributed by atoms with Gasteiger partial charge in [0.05, 0.1) is 12.7 Å². The van der Waals surface area contributed by atoms with Gasteiger partial charge in [0, 0.05) is 23.6 Å². The molecule has 3 aromatic carbocycles. The van der Waals surface area contributed by atoms with Crippen molar-refractivity contribution in [2.24, 2.45) is 0 Å². The normalized spacial score (nSPS) is 10.8. The molecule has 0 spiro atoms. The number of nitrogens with one attached hydrogen (secondary N) is 2. The number of methoxy groups -OCH3 is 1. The first-order valence-corrected chi connectivity index (χ1v) is 9.94. The van der Waals surface area contributed by atoms with Crippen LogP contribution in [0.15, 0.2) is 79.0 Å². The van der Waals surface area contributed by atoms with Crippen LogP contribution in [0.25, 0.3) is 10.9 Å². The molecule has 0 bridgehead atoms. The lowest BCUT2D eigenvalue weighted by Gasteiger charge is -2.09. The van der Waals surface area contributed by atoms with E-state index in [0.29, 0.717) is 5.56 Å². The first kappa shape index (κ1) is 19.7. The fraction of sp³-hybridized carbons (Fsp3) is 0.160. The predicted octanol–water partition coefficient (Wildman–Crippen LogP) is 5.08. The summed E-state index contributed by atoms with van der Waals surface area (Å²) in [6.07, 6.45) is 2.85. The number of hydrogen-bond donors (Lipinski definition) is 2. The number of carbonyl (C=O) groups is 1. The second-order valence-corrected chi connectivity index (χ2v) is 7.06. The van der Waals surface area contributed by atoms with E-state index in [-0.39, 0.29) is 5.97 Å². The number of carbonyl (C=O) groups excluding carboxylic acids is 1. The van der Waals surface area contributed by atoms with E-state index in [0.717, 1.165) is 47.5 Å². The summed E-state index contributed by atoms with van der Waals surface area (Å²) in [6.45, 7) is 1.57. The lowest BCUT2D eigenvalue weighted by Crippen LogP contribution is -2.16. The van der Waals surface area contributed by atoms with Gasteiger partial charge in [0.1, 0.15) is 11.5 Å². The van der Waals surface area contributed by atoms with Crippen LogP contribution in [0.3, 0.4) is 0 Å². The summed E-state index contributed by atoms with van der Waals surface area (Å²) in [5.41, 5.74) is 3.91.